The van der Waals surface area contributed by atoms with Gasteiger partial charge >= 0.3 is 5.97 Å². The number of aliphatic carboxylic acids is 1. The second-order valence-electron chi connectivity index (χ2n) is 5.82. The highest BCUT2D eigenvalue weighted by Crippen LogP contribution is 2.27. The molecule has 0 spiro atoms. The Kier molecular flexibility index (Phi) is 7.62. The predicted octanol–water partition coefficient (Wildman–Crippen LogP) is 1.49. The summed E-state index contributed by atoms with van der Waals surface area (Å²) >= 11 is 0. The molecular weight excluding hydrogens is 294 g/mol. The molecule has 1 aliphatic rings. The molecule has 3 N–H and O–H groups in total. The van der Waals surface area contributed by atoms with Crippen molar-refractivity contribution in [3.05, 3.63) is 0 Å². The smallest absolute Gasteiger partial charge is 0.309 e. The molecule has 1 fully saturated rings. The molecule has 0 aromatic rings. The summed E-state index contributed by atoms with van der Waals surface area (Å²) < 4.78 is 26.3. The molecule has 0 aromatic heterocycles. The van der Waals surface area contributed by atoms with Crippen LogP contribution in [0.25, 0.3) is 0 Å². The number of hydrogen-bond acceptors (Lipinski definition) is 4. The molecular formula is C14H27NO5S. The van der Waals surface area contributed by atoms with E-state index in [1.54, 1.807) is 0 Å². The number of carboxylic acid groups (broad SMARTS) is 1. The first-order chi connectivity index (χ1) is 9.87. The van der Waals surface area contributed by atoms with E-state index < -0.39 is 34.1 Å². The zero-order valence-corrected chi connectivity index (χ0v) is 13.4. The highest BCUT2D eigenvalue weighted by atomic mass is 32.2. The first-order valence-corrected chi connectivity index (χ1v) is 9.43. The van der Waals surface area contributed by atoms with E-state index in [9.17, 15) is 18.3 Å². The van der Waals surface area contributed by atoms with Crippen LogP contribution in [-0.2, 0) is 14.8 Å². The number of unbranched alkanes of at least 4 members (excludes halogenated alkanes) is 5. The molecule has 0 bridgehead atoms. The van der Waals surface area contributed by atoms with E-state index in [-0.39, 0.29) is 5.75 Å². The van der Waals surface area contributed by atoms with Crippen molar-refractivity contribution in [3.63, 3.8) is 0 Å². The minimum absolute atomic E-state index is 0.0417. The zero-order chi connectivity index (χ0) is 15.9. The summed E-state index contributed by atoms with van der Waals surface area (Å²) in [5.74, 6) is -1.90. The molecule has 3 atom stereocenters. The molecule has 124 valence electrons. The Bertz CT molecular complexity index is 423. The Morgan fingerprint density at radius 3 is 2.33 bits per heavy atom. The van der Waals surface area contributed by atoms with Gasteiger partial charge in [0.15, 0.2) is 0 Å². The zero-order valence-electron chi connectivity index (χ0n) is 12.6. The molecule has 0 heterocycles. The van der Waals surface area contributed by atoms with E-state index in [4.69, 9.17) is 5.11 Å². The second kappa shape index (κ2) is 8.70. The number of carbonyl (C=O) groups is 1. The van der Waals surface area contributed by atoms with Gasteiger partial charge in [-0.25, -0.2) is 13.1 Å². The van der Waals surface area contributed by atoms with Gasteiger partial charge in [0.25, 0.3) is 0 Å². The topological polar surface area (TPSA) is 104 Å². The third kappa shape index (κ3) is 6.32. The fourth-order valence-corrected chi connectivity index (χ4v) is 4.16. The molecule has 1 rings (SSSR count). The van der Waals surface area contributed by atoms with Crippen LogP contribution in [0.15, 0.2) is 0 Å². The van der Waals surface area contributed by atoms with E-state index in [1.807, 2.05) is 0 Å². The van der Waals surface area contributed by atoms with Gasteiger partial charge in [0.1, 0.15) is 0 Å². The number of carboxylic acids is 1. The Morgan fingerprint density at radius 2 is 1.76 bits per heavy atom. The summed E-state index contributed by atoms with van der Waals surface area (Å²) in [6, 6.07) is -0.670. The van der Waals surface area contributed by atoms with Crippen LogP contribution in [0.1, 0.15) is 58.3 Å². The molecule has 1 aliphatic carbocycles. The Hall–Kier alpha value is -0.660. The van der Waals surface area contributed by atoms with Crippen LogP contribution in [-0.4, -0.2) is 42.5 Å². The van der Waals surface area contributed by atoms with Gasteiger partial charge in [0.2, 0.25) is 10.0 Å². The highest BCUT2D eigenvalue weighted by molar-refractivity contribution is 7.89. The van der Waals surface area contributed by atoms with Crippen molar-refractivity contribution in [2.75, 3.05) is 5.75 Å². The lowest BCUT2D eigenvalue weighted by atomic mass is 10.1. The molecule has 0 aromatic carbocycles. The molecule has 21 heavy (non-hydrogen) atoms. The number of rotatable bonds is 10. The van der Waals surface area contributed by atoms with Gasteiger partial charge in [-0.2, -0.15) is 0 Å². The van der Waals surface area contributed by atoms with Crippen LogP contribution < -0.4 is 4.72 Å². The van der Waals surface area contributed by atoms with E-state index in [0.29, 0.717) is 19.3 Å². The fraction of sp³-hybridized carbons (Fsp3) is 0.929. The lowest BCUT2D eigenvalue weighted by Gasteiger charge is -2.18. The maximum atomic E-state index is 11.9. The quantitative estimate of drug-likeness (QED) is 0.529. The number of hydrogen-bond donors (Lipinski definition) is 3. The van der Waals surface area contributed by atoms with Gasteiger partial charge in [0, 0.05) is 6.04 Å². The predicted molar refractivity (Wildman–Crippen MR) is 80.5 cm³/mol. The average molecular weight is 321 g/mol. The largest absolute Gasteiger partial charge is 0.481 e. The van der Waals surface area contributed by atoms with Crippen LogP contribution in [0, 0.1) is 5.92 Å². The molecule has 0 amide bonds. The molecule has 7 heteroatoms. The molecule has 0 radical (unpaired) electrons. The lowest BCUT2D eigenvalue weighted by Crippen LogP contribution is -2.43. The van der Waals surface area contributed by atoms with Gasteiger partial charge in [0.05, 0.1) is 17.8 Å². The van der Waals surface area contributed by atoms with Crippen molar-refractivity contribution < 1.29 is 23.4 Å². The summed E-state index contributed by atoms with van der Waals surface area (Å²) in [6.07, 6.45) is 5.52. The SMILES string of the molecule is CCCCCCCCS(=O)(=O)N[C@H]1CC[C@H](C(=O)O)[C@H]1O. The van der Waals surface area contributed by atoms with Crippen LogP contribution >= 0.6 is 0 Å². The van der Waals surface area contributed by atoms with Gasteiger partial charge in [-0.05, 0) is 19.3 Å². The maximum Gasteiger partial charge on any atom is 0.309 e. The molecule has 0 aliphatic heterocycles. The minimum Gasteiger partial charge on any atom is -0.481 e. The number of sulfonamides is 1. The molecule has 0 saturated heterocycles. The second-order valence-corrected chi connectivity index (χ2v) is 7.70. The standard InChI is InChI=1S/C14H27NO5S/c1-2-3-4-5-6-7-10-21(19,20)15-12-9-8-11(13(12)16)14(17)18/h11-13,15-16H,2-10H2,1H3,(H,17,18)/t11-,12-,13+/m0/s1. The number of aliphatic hydroxyl groups excluding tert-OH is 1. The minimum atomic E-state index is -3.44. The van der Waals surface area contributed by atoms with Gasteiger partial charge in [-0.3, -0.25) is 4.79 Å². The summed E-state index contributed by atoms with van der Waals surface area (Å²) in [7, 11) is -3.44. The highest BCUT2D eigenvalue weighted by Gasteiger charge is 2.40. The van der Waals surface area contributed by atoms with Gasteiger partial charge in [-0.15, -0.1) is 0 Å². The number of nitrogens with one attached hydrogen (secondary N) is 1. The first kappa shape index (κ1) is 18.4. The maximum absolute atomic E-state index is 11.9. The van der Waals surface area contributed by atoms with E-state index in [0.717, 1.165) is 25.7 Å². The van der Waals surface area contributed by atoms with Crippen molar-refractivity contribution in [3.8, 4) is 0 Å². The van der Waals surface area contributed by atoms with Crippen molar-refractivity contribution in [1.82, 2.24) is 4.72 Å². The number of aliphatic hydroxyl groups is 1. The Labute approximate surface area is 127 Å². The fourth-order valence-electron chi connectivity index (χ4n) is 2.74. The van der Waals surface area contributed by atoms with Crippen molar-refractivity contribution in [2.24, 2.45) is 5.92 Å². The van der Waals surface area contributed by atoms with Crippen LogP contribution in [0.4, 0.5) is 0 Å². The molecule has 6 nitrogen and oxygen atoms in total. The summed E-state index contributed by atoms with van der Waals surface area (Å²) in [4.78, 5) is 10.9. The van der Waals surface area contributed by atoms with Gasteiger partial charge < -0.3 is 10.2 Å². The lowest BCUT2D eigenvalue weighted by molar-refractivity contribution is -0.144. The third-order valence-electron chi connectivity index (χ3n) is 4.03. The van der Waals surface area contributed by atoms with Crippen LogP contribution in [0.5, 0.6) is 0 Å². The monoisotopic (exact) mass is 321 g/mol. The van der Waals surface area contributed by atoms with Crippen molar-refractivity contribution >= 4 is 16.0 Å². The first-order valence-electron chi connectivity index (χ1n) is 7.78. The average Bonchev–Trinajstić information content (AvgIpc) is 2.75. The third-order valence-corrected chi connectivity index (χ3v) is 5.52. The van der Waals surface area contributed by atoms with E-state index in [1.165, 1.54) is 6.42 Å². The molecule has 1 saturated carbocycles. The normalized spacial score (nSPS) is 26.1. The summed E-state index contributed by atoms with van der Waals surface area (Å²) in [6.45, 7) is 2.13. The Balaban J connectivity index is 2.31. The van der Waals surface area contributed by atoms with Crippen molar-refractivity contribution in [1.29, 1.82) is 0 Å². The van der Waals surface area contributed by atoms with Gasteiger partial charge in [-0.1, -0.05) is 39.0 Å². The van der Waals surface area contributed by atoms with E-state index in [2.05, 4.69) is 11.6 Å². The van der Waals surface area contributed by atoms with Crippen LogP contribution in [0.2, 0.25) is 0 Å². The summed E-state index contributed by atoms with van der Waals surface area (Å²) in [5, 5.41) is 18.8. The van der Waals surface area contributed by atoms with Crippen LogP contribution in [0.3, 0.4) is 0 Å². The molecule has 0 unspecified atom stereocenters. The Morgan fingerprint density at radius 1 is 1.14 bits per heavy atom. The van der Waals surface area contributed by atoms with Crippen molar-refractivity contribution in [2.45, 2.75) is 70.4 Å². The summed E-state index contributed by atoms with van der Waals surface area (Å²) in [5.41, 5.74) is 0. The van der Waals surface area contributed by atoms with E-state index >= 15 is 0 Å².